The first-order valence-electron chi connectivity index (χ1n) is 39.3. The van der Waals surface area contributed by atoms with Crippen LogP contribution >= 0.6 is 0 Å². The lowest BCUT2D eigenvalue weighted by Crippen LogP contribution is -1.98. The Balaban J connectivity index is 0.000000151. The van der Waals surface area contributed by atoms with Crippen LogP contribution in [0.5, 0.6) is 0 Å². The summed E-state index contributed by atoms with van der Waals surface area (Å²) in [5.74, 6) is 1.36. The van der Waals surface area contributed by atoms with Crippen LogP contribution < -0.4 is 0 Å². The molecule has 0 bridgehead atoms. The molecular weight excluding hydrogens is 1420 g/mol. The summed E-state index contributed by atoms with van der Waals surface area (Å²) in [5.41, 5.74) is 33.8. The fourth-order valence-electron chi connectivity index (χ4n) is 18.0. The summed E-state index contributed by atoms with van der Waals surface area (Å²) >= 11 is 0. The highest BCUT2D eigenvalue weighted by atomic mass is 16.3. The topological polar surface area (TPSA) is 112 Å². The standard InChI is InChI=1S/C65H37N3O.C45H27N3/c66-38-39-22-24-41(25-23-39)45-31-32-53-46-14-4-5-15-47(46)54-33-34-55(63(45)64(53)54)61-49-17-6-8-19-51(49)62(52-20-9-7-18-50(52)61)58-37-57(42-12-2-1-3-13-42)67-65(68-58)43-28-26-40(27-29-43)44-30-35-60-56(36-44)48-16-10-11-21-59(48)69-60;46-28-29-10-9-15-34(26-29)36-23-25-40-38-17-8-7-16-37(38)39-24-22-35(43(36)44(39)40)30-18-20-32(21-19-30)42-27-41(31-11-3-1-4-12-31)47-45(48-42)33-13-5-2-6-14-33/h1-37H;1-27H. The maximum absolute atomic E-state index is 9.73. The van der Waals surface area contributed by atoms with Gasteiger partial charge in [0.15, 0.2) is 11.6 Å². The summed E-state index contributed by atoms with van der Waals surface area (Å²) < 4.78 is 6.14. The molecule has 2 aliphatic rings. The van der Waals surface area contributed by atoms with E-state index in [0.29, 0.717) is 22.8 Å². The Bertz CT molecular complexity index is 7560. The Morgan fingerprint density at radius 1 is 0.188 bits per heavy atom. The largest absolute Gasteiger partial charge is 0.456 e. The van der Waals surface area contributed by atoms with Crippen molar-refractivity contribution in [3.05, 3.63) is 399 Å². The van der Waals surface area contributed by atoms with Crippen LogP contribution in [0, 0.1) is 22.7 Å². The first-order chi connectivity index (χ1) is 57.9. The number of rotatable bonds is 11. The van der Waals surface area contributed by atoms with Crippen molar-refractivity contribution in [2.24, 2.45) is 0 Å². The van der Waals surface area contributed by atoms with Gasteiger partial charge in [0.2, 0.25) is 0 Å². The van der Waals surface area contributed by atoms with Crippen LogP contribution in [0.4, 0.5) is 0 Å². The molecule has 0 saturated heterocycles. The minimum Gasteiger partial charge on any atom is -0.456 e. The molecule has 117 heavy (non-hydrogen) atoms. The predicted molar refractivity (Wildman–Crippen MR) is 479 cm³/mol. The van der Waals surface area contributed by atoms with Crippen LogP contribution in [0.3, 0.4) is 0 Å². The van der Waals surface area contributed by atoms with E-state index >= 15 is 0 Å². The molecule has 0 amide bonds. The first-order valence-corrected chi connectivity index (χ1v) is 39.3. The van der Waals surface area contributed by atoms with Crippen molar-refractivity contribution < 1.29 is 4.42 Å². The van der Waals surface area contributed by atoms with E-state index in [1.807, 2.05) is 84.9 Å². The van der Waals surface area contributed by atoms with Gasteiger partial charge in [-0.25, -0.2) is 19.9 Å². The van der Waals surface area contributed by atoms with E-state index < -0.39 is 0 Å². The van der Waals surface area contributed by atoms with E-state index in [0.717, 1.165) is 150 Å². The summed E-state index contributed by atoms with van der Waals surface area (Å²) in [5, 5.41) is 31.1. The average Bonchev–Trinajstić information content (AvgIpc) is 1.64. The normalized spacial score (nSPS) is 11.6. The van der Waals surface area contributed by atoms with Crippen molar-refractivity contribution in [1.29, 1.82) is 10.5 Å². The number of furan rings is 1. The van der Waals surface area contributed by atoms with Gasteiger partial charge in [-0.1, -0.05) is 334 Å². The molecule has 540 valence electrons. The number of hydrogen-bond acceptors (Lipinski definition) is 7. The van der Waals surface area contributed by atoms with Gasteiger partial charge in [-0.05, 0) is 198 Å². The molecule has 3 heterocycles. The zero-order valence-electron chi connectivity index (χ0n) is 63.0. The summed E-state index contributed by atoms with van der Waals surface area (Å²) in [6.45, 7) is 0. The molecule has 0 radical (unpaired) electrons. The average molecular weight is 1490 g/mol. The van der Waals surface area contributed by atoms with Gasteiger partial charge in [0.05, 0.1) is 46.0 Å². The van der Waals surface area contributed by atoms with E-state index in [9.17, 15) is 10.5 Å². The zero-order chi connectivity index (χ0) is 77.6. The molecule has 0 unspecified atom stereocenters. The van der Waals surface area contributed by atoms with Gasteiger partial charge < -0.3 is 4.42 Å². The van der Waals surface area contributed by atoms with Gasteiger partial charge >= 0.3 is 0 Å². The molecule has 2 aliphatic carbocycles. The molecule has 23 rings (SSSR count). The van der Waals surface area contributed by atoms with Crippen molar-refractivity contribution in [2.75, 3.05) is 0 Å². The van der Waals surface area contributed by atoms with E-state index in [2.05, 4.69) is 315 Å². The molecular formula is C110H64N6O. The summed E-state index contributed by atoms with van der Waals surface area (Å²) in [4.78, 5) is 20.8. The highest BCUT2D eigenvalue weighted by Gasteiger charge is 2.30. The minimum atomic E-state index is 0.641. The van der Waals surface area contributed by atoms with Crippen molar-refractivity contribution >= 4 is 65.0 Å². The number of aromatic nitrogens is 4. The summed E-state index contributed by atoms with van der Waals surface area (Å²) in [7, 11) is 0. The Labute approximate surface area is 675 Å². The smallest absolute Gasteiger partial charge is 0.160 e. The molecule has 0 aliphatic heterocycles. The van der Waals surface area contributed by atoms with Crippen molar-refractivity contribution in [1.82, 2.24) is 19.9 Å². The number of nitrogens with zero attached hydrogens (tertiary/aromatic N) is 6. The van der Waals surface area contributed by atoms with E-state index in [1.165, 1.54) is 71.6 Å². The molecule has 0 N–H and O–H groups in total. The molecule has 7 heteroatoms. The van der Waals surface area contributed by atoms with Crippen LogP contribution in [-0.4, -0.2) is 19.9 Å². The van der Waals surface area contributed by atoms with E-state index in [4.69, 9.17) is 24.4 Å². The third kappa shape index (κ3) is 11.6. The fraction of sp³-hybridized carbons (Fsp3) is 0. The fourth-order valence-corrected chi connectivity index (χ4v) is 18.0. The van der Waals surface area contributed by atoms with Gasteiger partial charge in [0, 0.05) is 44.2 Å². The van der Waals surface area contributed by atoms with Gasteiger partial charge in [-0.2, -0.15) is 10.5 Å². The van der Waals surface area contributed by atoms with E-state index in [1.54, 1.807) is 0 Å². The van der Waals surface area contributed by atoms with Crippen LogP contribution in [0.1, 0.15) is 11.1 Å². The van der Waals surface area contributed by atoms with Crippen molar-refractivity contribution in [3.8, 4) is 180 Å². The molecule has 0 spiro atoms. The second kappa shape index (κ2) is 28.0. The highest BCUT2D eigenvalue weighted by molar-refractivity contribution is 6.29. The highest BCUT2D eigenvalue weighted by Crippen LogP contribution is 2.56. The zero-order valence-corrected chi connectivity index (χ0v) is 63.0. The number of para-hydroxylation sites is 1. The monoisotopic (exact) mass is 1480 g/mol. The van der Waals surface area contributed by atoms with Gasteiger partial charge in [0.25, 0.3) is 0 Å². The first kappa shape index (κ1) is 67.8. The van der Waals surface area contributed by atoms with Crippen LogP contribution in [0.25, 0.3) is 233 Å². The second-order valence-electron chi connectivity index (χ2n) is 29.9. The van der Waals surface area contributed by atoms with Crippen molar-refractivity contribution in [2.45, 2.75) is 0 Å². The molecule has 18 aromatic carbocycles. The molecule has 0 fully saturated rings. The predicted octanol–water partition coefficient (Wildman–Crippen LogP) is 28.8. The second-order valence-corrected chi connectivity index (χ2v) is 29.9. The lowest BCUT2D eigenvalue weighted by Gasteiger charge is -2.21. The van der Waals surface area contributed by atoms with Gasteiger partial charge in [-0.3, -0.25) is 0 Å². The molecule has 0 atom stereocenters. The van der Waals surface area contributed by atoms with E-state index in [-0.39, 0.29) is 0 Å². The lowest BCUT2D eigenvalue weighted by atomic mass is 9.83. The molecule has 0 saturated carbocycles. The van der Waals surface area contributed by atoms with Crippen LogP contribution in [0.15, 0.2) is 393 Å². The SMILES string of the molecule is N#Cc1ccc(-c2ccc3c4c(ccc(-c5c6ccccc6c(-c6cc(-c7ccccc7)nc(-c7ccc(-c8ccc9oc%10ccccc%10c9c8)cc7)n6)c6ccccc56)c24)-c2ccccc2-3)cc1.N#Cc1cccc(-c2ccc3c4c(ccc(-c5ccc(-c6cc(-c7ccccc7)nc(-c7ccccc7)n6)cc5)c24)-c2ccccc2-3)c1. The Morgan fingerprint density at radius 2 is 0.530 bits per heavy atom. The minimum absolute atomic E-state index is 0.641. The maximum atomic E-state index is 9.73. The lowest BCUT2D eigenvalue weighted by molar-refractivity contribution is 0.669. The van der Waals surface area contributed by atoms with Crippen LogP contribution in [-0.2, 0) is 0 Å². The molecule has 21 aromatic rings. The number of benzene rings is 18. The maximum Gasteiger partial charge on any atom is 0.160 e. The summed E-state index contributed by atoms with van der Waals surface area (Å²) in [6, 6.07) is 141. The van der Waals surface area contributed by atoms with Crippen molar-refractivity contribution in [3.63, 3.8) is 0 Å². The number of fused-ring (bicyclic) bond motifs is 11. The third-order valence-electron chi connectivity index (χ3n) is 23.4. The van der Waals surface area contributed by atoms with Gasteiger partial charge in [0.1, 0.15) is 11.2 Å². The summed E-state index contributed by atoms with van der Waals surface area (Å²) in [6.07, 6.45) is 0. The molecule has 3 aromatic heterocycles. The Kier molecular flexibility index (Phi) is 16.2. The third-order valence-corrected chi connectivity index (χ3v) is 23.4. The van der Waals surface area contributed by atoms with Gasteiger partial charge in [-0.15, -0.1) is 0 Å². The van der Waals surface area contributed by atoms with Crippen LogP contribution in [0.2, 0.25) is 0 Å². The quantitative estimate of drug-likeness (QED) is 0.119. The molecule has 7 nitrogen and oxygen atoms in total. The number of hydrogen-bond donors (Lipinski definition) is 0. The Hall–Kier alpha value is -16.1. The number of nitriles is 2. The Morgan fingerprint density at radius 3 is 1.05 bits per heavy atom.